The first-order chi connectivity index (χ1) is 18.6. The van der Waals surface area contributed by atoms with Crippen molar-refractivity contribution in [2.45, 2.75) is 10.1 Å². The third kappa shape index (κ3) is 8.97. The van der Waals surface area contributed by atoms with Crippen molar-refractivity contribution < 1.29 is 19.3 Å². The van der Waals surface area contributed by atoms with E-state index in [1.807, 2.05) is 0 Å². The van der Waals surface area contributed by atoms with Crippen LogP contribution >= 0.6 is 46.5 Å². The zero-order valence-electron chi connectivity index (χ0n) is 19.3. The molecule has 0 bridgehead atoms. The number of rotatable bonds is 6. The van der Waals surface area contributed by atoms with Crippen molar-refractivity contribution in [2.24, 2.45) is 0 Å². The van der Waals surface area contributed by atoms with Crippen LogP contribution in [0.4, 0.5) is 16.5 Å². The topological polar surface area (TPSA) is 269 Å². The Morgan fingerprint density at radius 1 is 0.897 bits per heavy atom. The molecular formula is C17H11ClN12O6S3. The van der Waals surface area contributed by atoms with E-state index in [-0.39, 0.29) is 32.7 Å². The van der Waals surface area contributed by atoms with E-state index in [4.69, 9.17) is 32.6 Å². The molecule has 0 atom stereocenters. The van der Waals surface area contributed by atoms with Crippen LogP contribution in [0.15, 0.2) is 28.6 Å². The number of nitrogens with two attached hydrogens (primary N) is 1. The molecule has 0 unspecified atom stereocenters. The summed E-state index contributed by atoms with van der Waals surface area (Å²) in [5, 5.41) is 41.2. The highest BCUT2D eigenvalue weighted by atomic mass is 35.5. The Morgan fingerprint density at radius 2 is 1.41 bits per heavy atom. The van der Waals surface area contributed by atoms with Crippen LogP contribution in [0.1, 0.15) is 0 Å². The zero-order valence-corrected chi connectivity index (χ0v) is 22.5. The van der Waals surface area contributed by atoms with E-state index in [2.05, 4.69) is 39.6 Å². The molecule has 39 heavy (non-hydrogen) atoms. The van der Waals surface area contributed by atoms with Crippen LogP contribution in [0.2, 0.25) is 5.28 Å². The lowest BCUT2D eigenvalue weighted by atomic mass is 10.5. The molecule has 4 aromatic heterocycles. The quantitative estimate of drug-likeness (QED) is 0.0818. The summed E-state index contributed by atoms with van der Waals surface area (Å²) in [4.78, 5) is 46.4. The summed E-state index contributed by atoms with van der Waals surface area (Å²) in [6.45, 7) is 0. The van der Waals surface area contributed by atoms with Gasteiger partial charge in [0.15, 0.2) is 20.0 Å². The Balaban J connectivity index is 0.000000206. The molecule has 0 radical (unpaired) electrons. The molecule has 0 aliphatic carbocycles. The standard InChI is InChI=1S/C6H4N4O3S.C6H6N4OS.C5HClN4O2S/c1-13-6-8-2-4(10(11)12)5(9-6)14-3-7;1-11-6-8-2-3-4(10-6)12-5(7)9-3;6-5-8-1-3(10(11)12)4(9-5)13-2-7/h2H,1H3;2H,1H3,(H2,7,9);1H. The van der Waals surface area contributed by atoms with Crippen LogP contribution in [0.25, 0.3) is 10.3 Å². The SMILES string of the molecule is COc1ncc([N+](=O)[O-])c(SC#N)n1.COc1ncc2nc(N)sc2n1.N#CSc1nc(Cl)ncc1[N+](=O)[O-]. The number of thiocyanates is 2. The number of ether oxygens (including phenoxy) is 2. The molecule has 0 spiro atoms. The highest BCUT2D eigenvalue weighted by Crippen LogP contribution is 2.27. The van der Waals surface area contributed by atoms with Gasteiger partial charge in [-0.2, -0.15) is 25.5 Å². The van der Waals surface area contributed by atoms with E-state index in [0.29, 0.717) is 40.2 Å². The molecule has 0 aromatic carbocycles. The summed E-state index contributed by atoms with van der Waals surface area (Å²) in [6.07, 6.45) is 3.56. The molecule has 22 heteroatoms. The van der Waals surface area contributed by atoms with Crippen molar-refractivity contribution in [1.82, 2.24) is 34.9 Å². The lowest BCUT2D eigenvalue weighted by Crippen LogP contribution is -1.98. The minimum Gasteiger partial charge on any atom is -0.467 e. The molecule has 0 aliphatic rings. The van der Waals surface area contributed by atoms with Gasteiger partial charge in [-0.25, -0.2) is 19.9 Å². The molecule has 4 heterocycles. The Labute approximate surface area is 234 Å². The number of halogens is 1. The Morgan fingerprint density at radius 3 is 1.95 bits per heavy atom. The monoisotopic (exact) mass is 610 g/mol. The van der Waals surface area contributed by atoms with Gasteiger partial charge in [0.2, 0.25) is 5.28 Å². The van der Waals surface area contributed by atoms with E-state index in [9.17, 15) is 20.2 Å². The van der Waals surface area contributed by atoms with Gasteiger partial charge in [-0.1, -0.05) is 11.3 Å². The van der Waals surface area contributed by atoms with Crippen LogP contribution in [0, 0.1) is 41.6 Å². The van der Waals surface area contributed by atoms with Gasteiger partial charge in [0.1, 0.15) is 28.7 Å². The molecule has 0 aliphatic heterocycles. The van der Waals surface area contributed by atoms with E-state index in [0.717, 1.165) is 17.2 Å². The number of thiazole rings is 1. The number of nitro groups is 2. The van der Waals surface area contributed by atoms with E-state index in [1.165, 1.54) is 25.6 Å². The number of nitriles is 2. The number of hydrogen-bond donors (Lipinski definition) is 1. The number of methoxy groups -OCH3 is 2. The van der Waals surface area contributed by atoms with Crippen LogP contribution in [0.3, 0.4) is 0 Å². The molecular weight excluding hydrogens is 600 g/mol. The fraction of sp³-hybridized carbons (Fsp3) is 0.118. The minimum atomic E-state index is -0.671. The van der Waals surface area contributed by atoms with Gasteiger partial charge >= 0.3 is 23.4 Å². The largest absolute Gasteiger partial charge is 0.467 e. The molecule has 4 rings (SSSR count). The predicted molar refractivity (Wildman–Crippen MR) is 138 cm³/mol. The van der Waals surface area contributed by atoms with Gasteiger partial charge in [0.25, 0.3) is 0 Å². The normalized spacial score (nSPS) is 9.56. The summed E-state index contributed by atoms with van der Waals surface area (Å²) in [5.41, 5.74) is 5.56. The maximum Gasteiger partial charge on any atom is 0.320 e. The number of fused-ring (bicyclic) bond motifs is 1. The van der Waals surface area contributed by atoms with Crippen LogP contribution in [0.5, 0.6) is 12.0 Å². The highest BCUT2D eigenvalue weighted by molar-refractivity contribution is 8.04. The average molecular weight is 611 g/mol. The van der Waals surface area contributed by atoms with Crippen molar-refractivity contribution in [3.8, 4) is 22.8 Å². The summed E-state index contributed by atoms with van der Waals surface area (Å²) in [5.74, 6) is 0. The molecule has 4 aromatic rings. The van der Waals surface area contributed by atoms with E-state index in [1.54, 1.807) is 17.0 Å². The van der Waals surface area contributed by atoms with Crippen molar-refractivity contribution in [3.05, 3.63) is 44.1 Å². The summed E-state index contributed by atoms with van der Waals surface area (Å²) in [6, 6.07) is 0.333. The molecule has 0 fully saturated rings. The lowest BCUT2D eigenvalue weighted by Gasteiger charge is -1.98. The third-order valence-corrected chi connectivity index (χ3v) is 5.75. The first kappa shape index (κ1) is 30.5. The summed E-state index contributed by atoms with van der Waals surface area (Å²) in [7, 11) is 2.85. The van der Waals surface area contributed by atoms with Crippen LogP contribution in [-0.2, 0) is 0 Å². The Bertz CT molecular complexity index is 1580. The number of nitrogens with zero attached hydrogens (tertiary/aromatic N) is 11. The average Bonchev–Trinajstić information content (AvgIpc) is 3.28. The Kier molecular flexibility index (Phi) is 11.7. The van der Waals surface area contributed by atoms with Gasteiger partial charge in [0.05, 0.1) is 30.3 Å². The van der Waals surface area contributed by atoms with Crippen molar-refractivity contribution in [1.29, 1.82) is 10.5 Å². The highest BCUT2D eigenvalue weighted by Gasteiger charge is 2.18. The van der Waals surface area contributed by atoms with Crippen molar-refractivity contribution in [2.75, 3.05) is 20.0 Å². The smallest absolute Gasteiger partial charge is 0.320 e. The van der Waals surface area contributed by atoms with Gasteiger partial charge in [-0.3, -0.25) is 20.2 Å². The minimum absolute atomic E-state index is 0.00616. The summed E-state index contributed by atoms with van der Waals surface area (Å²) >= 11 is 7.87. The predicted octanol–water partition coefficient (Wildman–Crippen LogP) is 3.26. The maximum atomic E-state index is 10.5. The first-order valence-corrected chi connectivity index (χ1v) is 12.2. The van der Waals surface area contributed by atoms with Crippen molar-refractivity contribution >= 4 is 73.3 Å². The zero-order chi connectivity index (χ0) is 28.9. The number of nitrogen functional groups attached to an aromatic ring is 1. The van der Waals surface area contributed by atoms with Gasteiger partial charge in [-0.05, 0) is 11.6 Å². The lowest BCUT2D eigenvalue weighted by molar-refractivity contribution is -0.388. The second kappa shape index (κ2) is 14.9. The van der Waals surface area contributed by atoms with Crippen LogP contribution < -0.4 is 15.2 Å². The summed E-state index contributed by atoms with van der Waals surface area (Å²) < 4.78 is 9.52. The molecule has 0 amide bonds. The van der Waals surface area contributed by atoms with E-state index < -0.39 is 9.85 Å². The Hall–Kier alpha value is -4.70. The van der Waals surface area contributed by atoms with E-state index >= 15 is 0 Å². The third-order valence-electron chi connectivity index (χ3n) is 3.61. The maximum absolute atomic E-state index is 10.5. The molecule has 18 nitrogen and oxygen atoms in total. The number of aromatic nitrogens is 7. The second-order valence-corrected chi connectivity index (χ2v) is 8.77. The second-order valence-electron chi connectivity index (χ2n) is 5.88. The first-order valence-electron chi connectivity index (χ1n) is 9.40. The van der Waals surface area contributed by atoms with Crippen LogP contribution in [-0.4, -0.2) is 59.0 Å². The number of thioether (sulfide) groups is 2. The van der Waals surface area contributed by atoms with Gasteiger partial charge < -0.3 is 15.2 Å². The fourth-order valence-corrected chi connectivity index (χ4v) is 3.85. The van der Waals surface area contributed by atoms with Crippen molar-refractivity contribution in [3.63, 3.8) is 0 Å². The molecule has 0 saturated carbocycles. The number of anilines is 1. The van der Waals surface area contributed by atoms with Gasteiger partial charge in [-0.15, -0.1) is 0 Å². The van der Waals surface area contributed by atoms with Gasteiger partial charge in [0, 0.05) is 23.5 Å². The molecule has 2 N–H and O–H groups in total. The fourth-order valence-electron chi connectivity index (χ4n) is 2.10. The number of hydrogen-bond acceptors (Lipinski definition) is 19. The molecule has 200 valence electrons. The molecule has 0 saturated heterocycles.